The molecule has 1 aliphatic rings. The lowest BCUT2D eigenvalue weighted by Gasteiger charge is -2.23. The molecule has 114 valence electrons. The molecule has 0 unspecified atom stereocenters. The van der Waals surface area contributed by atoms with Crippen molar-refractivity contribution < 1.29 is 9.13 Å². The molecule has 0 spiro atoms. The van der Waals surface area contributed by atoms with Crippen molar-refractivity contribution in [1.29, 1.82) is 0 Å². The summed E-state index contributed by atoms with van der Waals surface area (Å²) in [5, 5.41) is 3.77. The molecule has 0 fully saturated rings. The fraction of sp³-hybridized carbons (Fsp3) is 0. The third kappa shape index (κ3) is 2.76. The zero-order valence-electron chi connectivity index (χ0n) is 11.8. The molecule has 0 atom stereocenters. The molecule has 0 radical (unpaired) electrons. The van der Waals surface area contributed by atoms with Crippen molar-refractivity contribution in [3.05, 3.63) is 71.5 Å². The molecule has 0 saturated carbocycles. The quantitative estimate of drug-likeness (QED) is 0.450. The summed E-state index contributed by atoms with van der Waals surface area (Å²) >= 11 is 7.98. The Morgan fingerprint density at radius 1 is 0.913 bits per heavy atom. The van der Waals surface area contributed by atoms with Crippen molar-refractivity contribution in [3.8, 4) is 11.5 Å². The Bertz CT molecular complexity index is 883. The topological polar surface area (TPSA) is 21.3 Å². The van der Waals surface area contributed by atoms with Gasteiger partial charge in [0.15, 0.2) is 5.75 Å². The molecule has 0 amide bonds. The molecular formula is C18H11ClFNOS. The molecule has 0 bridgehead atoms. The van der Waals surface area contributed by atoms with Crippen molar-refractivity contribution in [2.75, 3.05) is 5.32 Å². The first-order chi connectivity index (χ1) is 11.2. The summed E-state index contributed by atoms with van der Waals surface area (Å²) in [5.74, 6) is 1.21. The second kappa shape index (κ2) is 5.80. The lowest BCUT2D eigenvalue weighted by Crippen LogP contribution is -2.00. The fourth-order valence-electron chi connectivity index (χ4n) is 2.36. The second-order valence-corrected chi connectivity index (χ2v) is 6.52. The second-order valence-electron chi connectivity index (χ2n) is 5.03. The third-order valence-corrected chi connectivity index (χ3v) is 4.88. The summed E-state index contributed by atoms with van der Waals surface area (Å²) in [7, 11) is 0. The summed E-state index contributed by atoms with van der Waals surface area (Å²) in [5.41, 5.74) is 1.42. The highest BCUT2D eigenvalue weighted by atomic mass is 35.5. The molecule has 0 aliphatic carbocycles. The minimum atomic E-state index is -0.280. The van der Waals surface area contributed by atoms with Crippen molar-refractivity contribution in [2.45, 2.75) is 9.79 Å². The summed E-state index contributed by atoms with van der Waals surface area (Å²) in [6, 6.07) is 17.7. The number of anilines is 2. The van der Waals surface area contributed by atoms with Crippen LogP contribution in [0.2, 0.25) is 5.02 Å². The van der Waals surface area contributed by atoms with E-state index in [1.165, 1.54) is 12.1 Å². The molecular weight excluding hydrogens is 333 g/mol. The van der Waals surface area contributed by atoms with Gasteiger partial charge in [0.05, 0.1) is 14.8 Å². The van der Waals surface area contributed by atoms with Gasteiger partial charge < -0.3 is 10.1 Å². The van der Waals surface area contributed by atoms with E-state index in [2.05, 4.69) is 5.32 Å². The predicted molar refractivity (Wildman–Crippen MR) is 91.8 cm³/mol. The van der Waals surface area contributed by atoms with E-state index in [-0.39, 0.29) is 5.82 Å². The number of halogens is 2. The van der Waals surface area contributed by atoms with Gasteiger partial charge in [-0.05, 0) is 48.5 Å². The Morgan fingerprint density at radius 2 is 1.70 bits per heavy atom. The van der Waals surface area contributed by atoms with Crippen LogP contribution in [0.25, 0.3) is 0 Å². The number of benzene rings is 3. The summed E-state index contributed by atoms with van der Waals surface area (Å²) in [4.78, 5) is 2.05. The van der Waals surface area contributed by atoms with E-state index in [0.29, 0.717) is 16.5 Å². The molecule has 3 aromatic carbocycles. The van der Waals surface area contributed by atoms with E-state index < -0.39 is 0 Å². The van der Waals surface area contributed by atoms with Gasteiger partial charge in [-0.1, -0.05) is 35.5 Å². The summed E-state index contributed by atoms with van der Waals surface area (Å²) in [6.45, 7) is 0. The van der Waals surface area contributed by atoms with Gasteiger partial charge in [-0.3, -0.25) is 0 Å². The molecule has 1 N–H and O–H groups in total. The number of hydrogen-bond donors (Lipinski definition) is 1. The van der Waals surface area contributed by atoms with Crippen molar-refractivity contribution in [3.63, 3.8) is 0 Å². The molecule has 23 heavy (non-hydrogen) atoms. The number of nitrogens with one attached hydrogen (secondary N) is 1. The Balaban J connectivity index is 1.75. The van der Waals surface area contributed by atoms with E-state index in [0.717, 1.165) is 21.2 Å². The van der Waals surface area contributed by atoms with Gasteiger partial charge in [0.2, 0.25) is 0 Å². The minimum absolute atomic E-state index is 0.280. The van der Waals surface area contributed by atoms with Crippen LogP contribution in [0.15, 0.2) is 70.5 Å². The van der Waals surface area contributed by atoms with Crippen LogP contribution in [0.4, 0.5) is 15.8 Å². The van der Waals surface area contributed by atoms with E-state index in [9.17, 15) is 4.39 Å². The first-order valence-corrected chi connectivity index (χ1v) is 8.20. The van der Waals surface area contributed by atoms with Gasteiger partial charge in [-0.15, -0.1) is 0 Å². The average molecular weight is 344 g/mol. The first-order valence-electron chi connectivity index (χ1n) is 7.00. The smallest absolute Gasteiger partial charge is 0.166 e. The highest BCUT2D eigenvalue weighted by molar-refractivity contribution is 7.99. The Morgan fingerprint density at radius 3 is 2.52 bits per heavy atom. The van der Waals surface area contributed by atoms with Gasteiger partial charge in [-0.2, -0.15) is 0 Å². The van der Waals surface area contributed by atoms with E-state index in [1.54, 1.807) is 23.9 Å². The summed E-state index contributed by atoms with van der Waals surface area (Å²) < 4.78 is 19.1. The van der Waals surface area contributed by atoms with E-state index in [1.807, 2.05) is 36.4 Å². The van der Waals surface area contributed by atoms with Crippen molar-refractivity contribution in [2.24, 2.45) is 0 Å². The van der Waals surface area contributed by atoms with Gasteiger partial charge in [0, 0.05) is 5.69 Å². The number of fused-ring (bicyclic) bond motifs is 2. The molecule has 5 heteroatoms. The molecule has 0 saturated heterocycles. The van der Waals surface area contributed by atoms with Crippen LogP contribution in [-0.2, 0) is 0 Å². The number of para-hydroxylation sites is 1. The lowest BCUT2D eigenvalue weighted by molar-refractivity contribution is 0.457. The van der Waals surface area contributed by atoms with Crippen LogP contribution in [0.3, 0.4) is 0 Å². The molecule has 0 aromatic heterocycles. The van der Waals surface area contributed by atoms with Gasteiger partial charge in [0.1, 0.15) is 17.3 Å². The van der Waals surface area contributed by atoms with Crippen molar-refractivity contribution >= 4 is 34.7 Å². The SMILES string of the molecule is Fc1ccc(Nc2c(Cl)ccc3c2Oc2ccccc2S3)cc1. The van der Waals surface area contributed by atoms with Crippen molar-refractivity contribution in [1.82, 2.24) is 0 Å². The number of hydrogen-bond acceptors (Lipinski definition) is 3. The highest BCUT2D eigenvalue weighted by Gasteiger charge is 2.22. The van der Waals surface area contributed by atoms with Crippen LogP contribution in [0.1, 0.15) is 0 Å². The lowest BCUT2D eigenvalue weighted by atomic mass is 10.2. The van der Waals surface area contributed by atoms with Gasteiger partial charge >= 0.3 is 0 Å². The van der Waals surface area contributed by atoms with Gasteiger partial charge in [-0.25, -0.2) is 4.39 Å². The molecule has 3 aromatic rings. The van der Waals surface area contributed by atoms with Gasteiger partial charge in [0.25, 0.3) is 0 Å². The summed E-state index contributed by atoms with van der Waals surface area (Å²) in [6.07, 6.45) is 0. The maximum Gasteiger partial charge on any atom is 0.166 e. The van der Waals surface area contributed by atoms with Crippen LogP contribution < -0.4 is 10.1 Å². The molecule has 2 nitrogen and oxygen atoms in total. The standard InChI is InChI=1S/C18H11ClFNOS/c19-13-9-10-16-18(22-14-3-1-2-4-15(14)23-16)17(13)21-12-7-5-11(20)6-8-12/h1-10,21H. The molecule has 4 rings (SSSR count). The van der Waals surface area contributed by atoms with E-state index >= 15 is 0 Å². The number of rotatable bonds is 2. The van der Waals surface area contributed by atoms with Crippen LogP contribution >= 0.6 is 23.4 Å². The Hall–Kier alpha value is -2.17. The van der Waals surface area contributed by atoms with E-state index in [4.69, 9.17) is 16.3 Å². The maximum absolute atomic E-state index is 13.1. The number of ether oxygens (including phenoxy) is 1. The first kappa shape index (κ1) is 14.4. The minimum Gasteiger partial charge on any atom is -0.453 e. The van der Waals surface area contributed by atoms with Crippen LogP contribution in [0, 0.1) is 5.82 Å². The monoisotopic (exact) mass is 343 g/mol. The third-order valence-electron chi connectivity index (χ3n) is 3.47. The fourth-order valence-corrected chi connectivity index (χ4v) is 3.52. The molecule has 1 aliphatic heterocycles. The predicted octanol–water partition coefficient (Wildman–Crippen LogP) is 6.48. The Kier molecular flexibility index (Phi) is 3.63. The highest BCUT2D eigenvalue weighted by Crippen LogP contribution is 2.52. The normalized spacial score (nSPS) is 12.1. The largest absolute Gasteiger partial charge is 0.453 e. The Labute approximate surface area is 142 Å². The average Bonchev–Trinajstić information content (AvgIpc) is 2.58. The zero-order valence-corrected chi connectivity index (χ0v) is 13.4. The van der Waals surface area contributed by atoms with Crippen LogP contribution in [0.5, 0.6) is 11.5 Å². The maximum atomic E-state index is 13.1. The van der Waals surface area contributed by atoms with Crippen LogP contribution in [-0.4, -0.2) is 0 Å². The molecule has 1 heterocycles. The zero-order chi connectivity index (χ0) is 15.8.